The van der Waals surface area contributed by atoms with E-state index in [1.807, 2.05) is 13.8 Å². The number of benzene rings is 1. The van der Waals surface area contributed by atoms with E-state index in [0.29, 0.717) is 15.9 Å². The molecule has 0 saturated heterocycles. The van der Waals surface area contributed by atoms with Gasteiger partial charge in [-0.2, -0.15) is 5.10 Å². The Labute approximate surface area is 101 Å². The Morgan fingerprint density at radius 1 is 1.38 bits per heavy atom. The highest BCUT2D eigenvalue weighted by molar-refractivity contribution is 9.10. The molecule has 0 aliphatic rings. The molecule has 1 heterocycles. The number of nitrogens with one attached hydrogen (secondary N) is 1. The zero-order valence-electron chi connectivity index (χ0n) is 8.96. The zero-order chi connectivity index (χ0) is 11.7. The molecular formula is C11H11BrFN3. The summed E-state index contributed by atoms with van der Waals surface area (Å²) in [5, 5.41) is 6.83. The van der Waals surface area contributed by atoms with Gasteiger partial charge in [-0.15, -0.1) is 0 Å². The summed E-state index contributed by atoms with van der Waals surface area (Å²) in [6, 6.07) is 4.80. The average Bonchev–Trinajstić information content (AvgIpc) is 2.66. The van der Waals surface area contributed by atoms with Crippen molar-refractivity contribution in [3.63, 3.8) is 0 Å². The molecule has 2 rings (SSSR count). The fourth-order valence-corrected chi connectivity index (χ4v) is 1.88. The number of hydrogen-bond acceptors (Lipinski definition) is 2. The minimum absolute atomic E-state index is 0.242. The Hall–Kier alpha value is -1.23. The first kappa shape index (κ1) is 11.3. The molecule has 16 heavy (non-hydrogen) atoms. The van der Waals surface area contributed by atoms with Crippen molar-refractivity contribution in [2.24, 2.45) is 0 Å². The third-order valence-corrected chi connectivity index (χ3v) is 2.90. The molecular weight excluding hydrogens is 273 g/mol. The molecule has 1 aromatic carbocycles. The van der Waals surface area contributed by atoms with E-state index in [2.05, 4.69) is 31.1 Å². The van der Waals surface area contributed by atoms with Crippen LogP contribution in [0.2, 0.25) is 0 Å². The maximum absolute atomic E-state index is 13.6. The summed E-state index contributed by atoms with van der Waals surface area (Å²) in [4.78, 5) is 4.26. The summed E-state index contributed by atoms with van der Waals surface area (Å²) in [6.07, 6.45) is 0. The van der Waals surface area contributed by atoms with Gasteiger partial charge in [0.15, 0.2) is 5.82 Å². The van der Waals surface area contributed by atoms with E-state index in [1.165, 1.54) is 6.07 Å². The molecule has 84 valence electrons. The lowest BCUT2D eigenvalue weighted by Gasteiger charge is -2.00. The van der Waals surface area contributed by atoms with Crippen LogP contribution in [0.25, 0.3) is 11.4 Å². The molecule has 0 aliphatic carbocycles. The van der Waals surface area contributed by atoms with E-state index in [4.69, 9.17) is 0 Å². The van der Waals surface area contributed by atoms with Crippen LogP contribution in [0.5, 0.6) is 0 Å². The quantitative estimate of drug-likeness (QED) is 0.917. The summed E-state index contributed by atoms with van der Waals surface area (Å²) in [5.41, 5.74) is 0.394. The van der Waals surface area contributed by atoms with Crippen molar-refractivity contribution in [2.45, 2.75) is 19.8 Å². The van der Waals surface area contributed by atoms with Crippen LogP contribution >= 0.6 is 15.9 Å². The maximum Gasteiger partial charge on any atom is 0.185 e. The molecule has 0 unspecified atom stereocenters. The molecule has 0 atom stereocenters. The molecule has 0 fully saturated rings. The minimum atomic E-state index is -0.330. The lowest BCUT2D eigenvalue weighted by atomic mass is 10.2. The fraction of sp³-hybridized carbons (Fsp3) is 0.273. The SMILES string of the molecule is CC(C)c1nc(-c2c(F)cccc2Br)n[nH]1. The van der Waals surface area contributed by atoms with Crippen LogP contribution in [0.3, 0.4) is 0 Å². The first-order chi connectivity index (χ1) is 7.59. The molecule has 0 amide bonds. The van der Waals surface area contributed by atoms with Gasteiger partial charge in [-0.25, -0.2) is 9.37 Å². The zero-order valence-corrected chi connectivity index (χ0v) is 10.5. The van der Waals surface area contributed by atoms with Crippen molar-refractivity contribution >= 4 is 15.9 Å². The van der Waals surface area contributed by atoms with E-state index in [1.54, 1.807) is 12.1 Å². The minimum Gasteiger partial charge on any atom is -0.262 e. The summed E-state index contributed by atoms with van der Waals surface area (Å²) in [5.74, 6) is 1.05. The van der Waals surface area contributed by atoms with Gasteiger partial charge < -0.3 is 0 Å². The largest absolute Gasteiger partial charge is 0.262 e. The van der Waals surface area contributed by atoms with Crippen LogP contribution in [0.1, 0.15) is 25.6 Å². The third-order valence-electron chi connectivity index (χ3n) is 2.24. The van der Waals surface area contributed by atoms with Crippen molar-refractivity contribution in [1.29, 1.82) is 0 Å². The van der Waals surface area contributed by atoms with Gasteiger partial charge in [0, 0.05) is 10.4 Å². The van der Waals surface area contributed by atoms with Gasteiger partial charge in [0.1, 0.15) is 11.6 Å². The number of H-pyrrole nitrogens is 1. The lowest BCUT2D eigenvalue weighted by Crippen LogP contribution is -1.90. The lowest BCUT2D eigenvalue weighted by molar-refractivity contribution is 0.629. The predicted molar refractivity (Wildman–Crippen MR) is 63.6 cm³/mol. The maximum atomic E-state index is 13.6. The highest BCUT2D eigenvalue weighted by Gasteiger charge is 2.15. The van der Waals surface area contributed by atoms with Crippen molar-refractivity contribution in [3.05, 3.63) is 34.3 Å². The predicted octanol–water partition coefficient (Wildman–Crippen LogP) is 3.50. The Morgan fingerprint density at radius 2 is 2.12 bits per heavy atom. The summed E-state index contributed by atoms with van der Waals surface area (Å²) < 4.78 is 14.3. The number of halogens is 2. The third kappa shape index (κ3) is 2.00. The van der Waals surface area contributed by atoms with Crippen LogP contribution in [0, 0.1) is 5.82 Å². The molecule has 0 aliphatic heterocycles. The highest BCUT2D eigenvalue weighted by atomic mass is 79.9. The molecule has 1 N–H and O–H groups in total. The number of aromatic nitrogens is 3. The van der Waals surface area contributed by atoms with Gasteiger partial charge in [0.05, 0.1) is 5.56 Å². The van der Waals surface area contributed by atoms with E-state index in [0.717, 1.165) is 5.82 Å². The van der Waals surface area contributed by atoms with Crippen LogP contribution in [-0.2, 0) is 0 Å². The second-order valence-corrected chi connectivity index (χ2v) is 4.65. The van der Waals surface area contributed by atoms with Gasteiger partial charge in [-0.3, -0.25) is 5.10 Å². The normalized spacial score (nSPS) is 11.1. The van der Waals surface area contributed by atoms with E-state index >= 15 is 0 Å². The van der Waals surface area contributed by atoms with Crippen molar-refractivity contribution in [2.75, 3.05) is 0 Å². The first-order valence-corrected chi connectivity index (χ1v) is 5.75. The molecule has 0 bridgehead atoms. The summed E-state index contributed by atoms with van der Waals surface area (Å²) in [6.45, 7) is 4.00. The number of rotatable bonds is 2. The Morgan fingerprint density at radius 3 is 2.69 bits per heavy atom. The van der Waals surface area contributed by atoms with E-state index < -0.39 is 0 Å². The Kier molecular flexibility index (Phi) is 3.05. The smallest absolute Gasteiger partial charge is 0.185 e. The second-order valence-electron chi connectivity index (χ2n) is 3.80. The van der Waals surface area contributed by atoms with Gasteiger partial charge in [0.2, 0.25) is 0 Å². The van der Waals surface area contributed by atoms with E-state index in [9.17, 15) is 4.39 Å². The fourth-order valence-electron chi connectivity index (χ4n) is 1.36. The van der Waals surface area contributed by atoms with Gasteiger partial charge in [-0.1, -0.05) is 19.9 Å². The van der Waals surface area contributed by atoms with Crippen LogP contribution in [0.4, 0.5) is 4.39 Å². The molecule has 3 nitrogen and oxygen atoms in total. The van der Waals surface area contributed by atoms with Gasteiger partial charge in [-0.05, 0) is 28.1 Å². The van der Waals surface area contributed by atoms with Crippen LogP contribution in [-0.4, -0.2) is 15.2 Å². The standard InChI is InChI=1S/C11H11BrFN3/c1-6(2)10-14-11(16-15-10)9-7(12)4-3-5-8(9)13/h3-6H,1-2H3,(H,14,15,16). The number of nitrogens with zero attached hydrogens (tertiary/aromatic N) is 2. The van der Waals surface area contributed by atoms with Crippen molar-refractivity contribution in [3.8, 4) is 11.4 Å². The first-order valence-electron chi connectivity index (χ1n) is 4.96. The monoisotopic (exact) mass is 283 g/mol. The van der Waals surface area contributed by atoms with Crippen molar-refractivity contribution in [1.82, 2.24) is 15.2 Å². The van der Waals surface area contributed by atoms with Crippen molar-refractivity contribution < 1.29 is 4.39 Å². The van der Waals surface area contributed by atoms with Gasteiger partial charge in [0.25, 0.3) is 0 Å². The number of aromatic amines is 1. The van der Waals surface area contributed by atoms with Crippen LogP contribution in [0.15, 0.2) is 22.7 Å². The Bertz CT molecular complexity index is 487. The average molecular weight is 284 g/mol. The Balaban J connectivity index is 2.50. The topological polar surface area (TPSA) is 41.6 Å². The second kappa shape index (κ2) is 4.33. The summed E-state index contributed by atoms with van der Waals surface area (Å²) >= 11 is 3.30. The van der Waals surface area contributed by atoms with Crippen LogP contribution < -0.4 is 0 Å². The highest BCUT2D eigenvalue weighted by Crippen LogP contribution is 2.28. The molecule has 5 heteroatoms. The molecule has 0 saturated carbocycles. The van der Waals surface area contributed by atoms with Gasteiger partial charge >= 0.3 is 0 Å². The summed E-state index contributed by atoms with van der Waals surface area (Å²) in [7, 11) is 0. The number of hydrogen-bond donors (Lipinski definition) is 1. The molecule has 1 aromatic heterocycles. The molecule has 0 radical (unpaired) electrons. The van der Waals surface area contributed by atoms with E-state index in [-0.39, 0.29) is 11.7 Å². The molecule has 0 spiro atoms. The molecule has 2 aromatic rings.